The summed E-state index contributed by atoms with van der Waals surface area (Å²) in [5.74, 6) is -0.327. The van der Waals surface area contributed by atoms with E-state index in [0.717, 1.165) is 18.8 Å². The average Bonchev–Trinajstić information content (AvgIpc) is 2.28. The van der Waals surface area contributed by atoms with Gasteiger partial charge in [-0.25, -0.2) is 0 Å². The molecule has 0 unspecified atom stereocenters. The largest absolute Gasteiger partial charge is 0.371 e. The van der Waals surface area contributed by atoms with Gasteiger partial charge in [0.25, 0.3) is 5.91 Å². The van der Waals surface area contributed by atoms with Crippen LogP contribution in [0.3, 0.4) is 0 Å². The van der Waals surface area contributed by atoms with E-state index in [1.807, 2.05) is 12.1 Å². The second-order valence-electron chi connectivity index (χ2n) is 6.04. The molecule has 98 valence electrons. The van der Waals surface area contributed by atoms with Crippen molar-refractivity contribution in [2.75, 3.05) is 18.0 Å². The number of nitrogens with zero attached hydrogens (tertiary/aromatic N) is 1. The van der Waals surface area contributed by atoms with E-state index in [2.05, 4.69) is 31.0 Å². The fourth-order valence-corrected chi connectivity index (χ4v) is 4.47. The number of hydrogen-bond acceptors (Lipinski definition) is 2. The molecule has 0 spiro atoms. The fraction of sp³-hybridized carbons (Fsp3) is 0.500. The Morgan fingerprint density at radius 3 is 2.44 bits per heavy atom. The third kappa shape index (κ3) is 2.75. The number of rotatable bonds is 2. The van der Waals surface area contributed by atoms with Gasteiger partial charge in [0.05, 0.1) is 13.6 Å². The van der Waals surface area contributed by atoms with Crippen molar-refractivity contribution in [3.05, 3.63) is 29.3 Å². The highest BCUT2D eigenvalue weighted by molar-refractivity contribution is 6.77. The third-order valence-corrected chi connectivity index (χ3v) is 7.03. The Morgan fingerprint density at radius 1 is 1.28 bits per heavy atom. The molecule has 0 atom stereocenters. The standard InChI is InChI=1S/C14H22N2OSi/c1-11-4-5-12(14(15)17)13(10-11)16-6-8-18(2,3)9-7-16/h4-5,10H,6-9H2,1-3H3,(H2,15,17). The first-order valence-electron chi connectivity index (χ1n) is 6.54. The molecule has 1 fully saturated rings. The number of primary amides is 1. The fourth-order valence-electron chi connectivity index (χ4n) is 2.46. The van der Waals surface area contributed by atoms with Crippen LogP contribution in [0.25, 0.3) is 0 Å². The second-order valence-corrected chi connectivity index (χ2v) is 11.4. The molecule has 0 aromatic heterocycles. The summed E-state index contributed by atoms with van der Waals surface area (Å²) in [4.78, 5) is 13.8. The minimum Gasteiger partial charge on any atom is -0.371 e. The van der Waals surface area contributed by atoms with Crippen LogP contribution in [0.1, 0.15) is 15.9 Å². The molecule has 1 heterocycles. The Kier molecular flexibility index (Phi) is 3.48. The van der Waals surface area contributed by atoms with Crippen LogP contribution in [0.2, 0.25) is 25.2 Å². The van der Waals surface area contributed by atoms with Gasteiger partial charge in [-0.1, -0.05) is 19.2 Å². The predicted molar refractivity (Wildman–Crippen MR) is 79.0 cm³/mol. The molecule has 18 heavy (non-hydrogen) atoms. The molecule has 0 radical (unpaired) electrons. The monoisotopic (exact) mass is 262 g/mol. The van der Waals surface area contributed by atoms with Crippen molar-refractivity contribution >= 4 is 19.7 Å². The van der Waals surface area contributed by atoms with Crippen LogP contribution in [0.4, 0.5) is 5.69 Å². The van der Waals surface area contributed by atoms with Crippen LogP contribution in [0.15, 0.2) is 18.2 Å². The molecule has 1 aromatic carbocycles. The van der Waals surface area contributed by atoms with Crippen LogP contribution in [0.5, 0.6) is 0 Å². The van der Waals surface area contributed by atoms with Crippen molar-refractivity contribution in [2.45, 2.75) is 32.1 Å². The Morgan fingerprint density at radius 2 is 1.89 bits per heavy atom. The zero-order valence-electron chi connectivity index (χ0n) is 11.5. The molecule has 1 aliphatic rings. The summed E-state index contributed by atoms with van der Waals surface area (Å²) in [6.07, 6.45) is 0. The van der Waals surface area contributed by atoms with E-state index >= 15 is 0 Å². The molecule has 1 amide bonds. The lowest BCUT2D eigenvalue weighted by Gasteiger charge is -2.37. The molecule has 0 bridgehead atoms. The summed E-state index contributed by atoms with van der Waals surface area (Å²) in [6, 6.07) is 8.47. The van der Waals surface area contributed by atoms with Gasteiger partial charge in [-0.15, -0.1) is 0 Å². The molecular formula is C14H22N2OSi. The lowest BCUT2D eigenvalue weighted by Crippen LogP contribution is -2.43. The first kappa shape index (κ1) is 13.1. The van der Waals surface area contributed by atoms with Crippen LogP contribution < -0.4 is 10.6 Å². The summed E-state index contributed by atoms with van der Waals surface area (Å²) in [5.41, 5.74) is 8.32. The van der Waals surface area contributed by atoms with Gasteiger partial charge < -0.3 is 10.6 Å². The summed E-state index contributed by atoms with van der Waals surface area (Å²) in [7, 11) is -0.981. The molecule has 1 aliphatic heterocycles. The summed E-state index contributed by atoms with van der Waals surface area (Å²) in [6.45, 7) is 9.05. The highest BCUT2D eigenvalue weighted by atomic mass is 28.3. The van der Waals surface area contributed by atoms with Gasteiger partial charge in [-0.05, 0) is 36.7 Å². The highest BCUT2D eigenvalue weighted by Gasteiger charge is 2.28. The minimum absolute atomic E-state index is 0.327. The third-order valence-electron chi connectivity index (χ3n) is 3.88. The summed E-state index contributed by atoms with van der Waals surface area (Å²) in [5, 5.41) is 0. The molecule has 2 N–H and O–H groups in total. The number of carbonyl (C=O) groups is 1. The van der Waals surface area contributed by atoms with Crippen molar-refractivity contribution in [3.8, 4) is 0 Å². The maximum atomic E-state index is 11.5. The first-order chi connectivity index (χ1) is 8.39. The summed E-state index contributed by atoms with van der Waals surface area (Å²) < 4.78 is 0. The van der Waals surface area contributed by atoms with Crippen LogP contribution in [-0.4, -0.2) is 27.1 Å². The SMILES string of the molecule is Cc1ccc(C(N)=O)c(N2CC[Si](C)(C)CC2)c1. The number of aryl methyl sites for hydroxylation is 1. The lowest BCUT2D eigenvalue weighted by molar-refractivity contribution is 0.100. The molecule has 0 aliphatic carbocycles. The maximum absolute atomic E-state index is 11.5. The van der Waals surface area contributed by atoms with Crippen LogP contribution in [0, 0.1) is 6.92 Å². The normalized spacial score (nSPS) is 18.7. The summed E-state index contributed by atoms with van der Waals surface area (Å²) >= 11 is 0. The smallest absolute Gasteiger partial charge is 0.250 e. The van der Waals surface area contributed by atoms with Gasteiger partial charge in [0, 0.05) is 18.8 Å². The van der Waals surface area contributed by atoms with E-state index in [1.54, 1.807) is 0 Å². The highest BCUT2D eigenvalue weighted by Crippen LogP contribution is 2.29. The number of amides is 1. The van der Waals surface area contributed by atoms with Gasteiger partial charge in [0.15, 0.2) is 0 Å². The lowest BCUT2D eigenvalue weighted by atomic mass is 10.1. The van der Waals surface area contributed by atoms with Crippen molar-refractivity contribution in [1.29, 1.82) is 0 Å². The number of hydrogen-bond donors (Lipinski definition) is 1. The van der Waals surface area contributed by atoms with E-state index in [-0.39, 0.29) is 5.91 Å². The molecule has 0 saturated carbocycles. The average molecular weight is 262 g/mol. The Labute approximate surface area is 110 Å². The van der Waals surface area contributed by atoms with Gasteiger partial charge in [-0.2, -0.15) is 0 Å². The number of anilines is 1. The van der Waals surface area contributed by atoms with Crippen LogP contribution >= 0.6 is 0 Å². The predicted octanol–water partition coefficient (Wildman–Crippen LogP) is 2.62. The Balaban J connectivity index is 2.28. The number of nitrogens with two attached hydrogens (primary N) is 1. The van der Waals surface area contributed by atoms with Gasteiger partial charge in [-0.3, -0.25) is 4.79 Å². The minimum atomic E-state index is -0.981. The van der Waals surface area contributed by atoms with E-state index in [4.69, 9.17) is 5.73 Å². The Bertz CT molecular complexity index is 461. The van der Waals surface area contributed by atoms with Crippen LogP contribution in [-0.2, 0) is 0 Å². The Hall–Kier alpha value is -1.29. The van der Waals surface area contributed by atoms with Gasteiger partial charge in [0.1, 0.15) is 0 Å². The van der Waals surface area contributed by atoms with Crippen molar-refractivity contribution in [1.82, 2.24) is 0 Å². The molecule has 1 saturated heterocycles. The molecule has 4 heteroatoms. The van der Waals surface area contributed by atoms with Gasteiger partial charge >= 0.3 is 0 Å². The first-order valence-corrected chi connectivity index (χ1v) is 9.96. The number of carbonyl (C=O) groups excluding carboxylic acids is 1. The quantitative estimate of drug-likeness (QED) is 0.833. The molecule has 3 nitrogen and oxygen atoms in total. The van der Waals surface area contributed by atoms with E-state index in [9.17, 15) is 4.79 Å². The molecule has 1 aromatic rings. The van der Waals surface area contributed by atoms with Crippen molar-refractivity contribution < 1.29 is 4.79 Å². The van der Waals surface area contributed by atoms with Crippen molar-refractivity contribution in [3.63, 3.8) is 0 Å². The maximum Gasteiger partial charge on any atom is 0.250 e. The molecule has 2 rings (SSSR count). The molecular weight excluding hydrogens is 240 g/mol. The van der Waals surface area contributed by atoms with Crippen molar-refractivity contribution in [2.24, 2.45) is 5.73 Å². The van der Waals surface area contributed by atoms with E-state index in [1.165, 1.54) is 17.7 Å². The van der Waals surface area contributed by atoms with Gasteiger partial charge in [0.2, 0.25) is 0 Å². The number of benzene rings is 1. The topological polar surface area (TPSA) is 46.3 Å². The van der Waals surface area contributed by atoms with E-state index in [0.29, 0.717) is 5.56 Å². The van der Waals surface area contributed by atoms with E-state index < -0.39 is 8.07 Å². The second kappa shape index (κ2) is 4.76. The zero-order chi connectivity index (χ0) is 13.3. The zero-order valence-corrected chi connectivity index (χ0v) is 12.5.